The molecule has 2 N–H and O–H groups in total. The van der Waals surface area contributed by atoms with E-state index in [1.54, 1.807) is 0 Å². The second-order valence-electron chi connectivity index (χ2n) is 4.64. The lowest BCUT2D eigenvalue weighted by atomic mass is 10.3. The minimum Gasteiger partial charge on any atom is -0.397 e. The fourth-order valence-electron chi connectivity index (χ4n) is 2.32. The Morgan fingerprint density at radius 2 is 2.29 bits per heavy atom. The third-order valence-corrected chi connectivity index (χ3v) is 4.27. The van der Waals surface area contributed by atoms with Gasteiger partial charge in [-0.05, 0) is 33.0 Å². The first-order valence-corrected chi connectivity index (χ1v) is 6.68. The van der Waals surface area contributed by atoms with Crippen LogP contribution in [0.25, 0.3) is 0 Å². The highest BCUT2D eigenvalue weighted by Crippen LogP contribution is 2.33. The van der Waals surface area contributed by atoms with Gasteiger partial charge in [-0.3, -0.25) is 0 Å². The molecule has 0 radical (unpaired) electrons. The van der Waals surface area contributed by atoms with Gasteiger partial charge in [-0.15, -0.1) is 11.3 Å². The van der Waals surface area contributed by atoms with Crippen molar-refractivity contribution < 1.29 is 0 Å². The molecule has 0 bridgehead atoms. The number of hydrogen-bond donors (Lipinski definition) is 1. The molecule has 1 saturated heterocycles. The normalized spacial score (nSPS) is 22.2. The topological polar surface area (TPSA) is 56.3 Å². The molecule has 5 heteroatoms. The van der Waals surface area contributed by atoms with Gasteiger partial charge in [0.2, 0.25) is 0 Å². The predicted octanol–water partition coefficient (Wildman–Crippen LogP) is 1.73. The Balaban J connectivity index is 2.23. The van der Waals surface area contributed by atoms with Crippen LogP contribution in [0.3, 0.4) is 0 Å². The molecule has 0 amide bonds. The first-order chi connectivity index (χ1) is 8.11. The van der Waals surface area contributed by atoms with Crippen LogP contribution < -0.4 is 10.6 Å². The number of nitrogens with two attached hydrogens (primary N) is 1. The highest BCUT2D eigenvalue weighted by Gasteiger charge is 2.22. The number of nitrogens with zero attached hydrogens (tertiary/aromatic N) is 3. The van der Waals surface area contributed by atoms with Crippen LogP contribution in [0.5, 0.6) is 0 Å². The molecule has 1 unspecified atom stereocenters. The summed E-state index contributed by atoms with van der Waals surface area (Å²) in [6.45, 7) is 5.45. The van der Waals surface area contributed by atoms with Crippen molar-refractivity contribution in [2.75, 3.05) is 37.3 Å². The van der Waals surface area contributed by atoms with Crippen LogP contribution >= 0.6 is 11.3 Å². The van der Waals surface area contributed by atoms with Crippen molar-refractivity contribution >= 4 is 22.0 Å². The summed E-state index contributed by atoms with van der Waals surface area (Å²) >= 11 is 1.50. The standard InChI is InChI=1S/C12H18N4S/c1-9-8-15(2)4-3-5-16(9)12-6-10(14)11(7-13)17-12/h6,9H,3-5,8,14H2,1-2H3. The van der Waals surface area contributed by atoms with Gasteiger partial charge >= 0.3 is 0 Å². The van der Waals surface area contributed by atoms with E-state index in [1.807, 2.05) is 6.07 Å². The summed E-state index contributed by atoms with van der Waals surface area (Å²) < 4.78 is 0. The van der Waals surface area contributed by atoms with Crippen LogP contribution in [0.1, 0.15) is 18.2 Å². The maximum atomic E-state index is 8.95. The fraction of sp³-hybridized carbons (Fsp3) is 0.583. The lowest BCUT2D eigenvalue weighted by molar-refractivity contribution is 0.337. The van der Waals surface area contributed by atoms with Crippen molar-refractivity contribution in [3.63, 3.8) is 0 Å². The first-order valence-electron chi connectivity index (χ1n) is 5.86. The molecule has 0 saturated carbocycles. The molecule has 2 heterocycles. The van der Waals surface area contributed by atoms with Gasteiger partial charge in [-0.25, -0.2) is 0 Å². The molecule has 17 heavy (non-hydrogen) atoms. The Bertz CT molecular complexity index is 434. The van der Waals surface area contributed by atoms with Crippen molar-refractivity contribution in [2.24, 2.45) is 0 Å². The van der Waals surface area contributed by atoms with E-state index in [0.717, 1.165) is 31.1 Å². The molecular formula is C12H18N4S. The van der Waals surface area contributed by atoms with Crippen LogP contribution in [0.4, 0.5) is 10.7 Å². The summed E-state index contributed by atoms with van der Waals surface area (Å²) in [5, 5.41) is 10.1. The number of thiophene rings is 1. The molecule has 0 spiro atoms. The third kappa shape index (κ3) is 2.54. The summed E-state index contributed by atoms with van der Waals surface area (Å²) in [5.41, 5.74) is 6.43. The maximum Gasteiger partial charge on any atom is 0.129 e. The molecule has 2 rings (SSSR count). The molecule has 1 fully saturated rings. The van der Waals surface area contributed by atoms with Crippen LogP contribution in [-0.4, -0.2) is 37.6 Å². The molecule has 4 nitrogen and oxygen atoms in total. The van der Waals surface area contributed by atoms with Gasteiger partial charge in [0.25, 0.3) is 0 Å². The number of rotatable bonds is 1. The second kappa shape index (κ2) is 4.94. The van der Waals surface area contributed by atoms with Crippen molar-refractivity contribution in [1.29, 1.82) is 5.26 Å². The molecule has 1 aliphatic heterocycles. The van der Waals surface area contributed by atoms with Gasteiger partial charge in [-0.2, -0.15) is 5.26 Å². The van der Waals surface area contributed by atoms with E-state index in [4.69, 9.17) is 11.0 Å². The quantitative estimate of drug-likeness (QED) is 0.824. The molecule has 0 aromatic carbocycles. The lowest BCUT2D eigenvalue weighted by Gasteiger charge is -2.28. The summed E-state index contributed by atoms with van der Waals surface area (Å²) in [7, 11) is 2.16. The van der Waals surface area contributed by atoms with Crippen LogP contribution in [0, 0.1) is 11.3 Å². The highest BCUT2D eigenvalue weighted by atomic mass is 32.1. The SMILES string of the molecule is CC1CN(C)CCCN1c1cc(N)c(C#N)s1. The Kier molecular flexibility index (Phi) is 3.55. The lowest BCUT2D eigenvalue weighted by Crippen LogP contribution is -2.37. The van der Waals surface area contributed by atoms with Crippen molar-refractivity contribution in [3.8, 4) is 6.07 Å². The zero-order valence-corrected chi connectivity index (χ0v) is 11.1. The number of likely N-dealkylation sites (N-methyl/N-ethyl adjacent to an activating group) is 1. The molecule has 0 aliphatic carbocycles. The maximum absolute atomic E-state index is 8.95. The second-order valence-corrected chi connectivity index (χ2v) is 5.67. The molecule has 1 atom stereocenters. The zero-order chi connectivity index (χ0) is 12.4. The third-order valence-electron chi connectivity index (χ3n) is 3.18. The summed E-state index contributed by atoms with van der Waals surface area (Å²) in [5.74, 6) is 0. The van der Waals surface area contributed by atoms with Crippen molar-refractivity contribution in [2.45, 2.75) is 19.4 Å². The van der Waals surface area contributed by atoms with Crippen LogP contribution in [0.15, 0.2) is 6.07 Å². The average Bonchev–Trinajstić information content (AvgIpc) is 2.56. The molecular weight excluding hydrogens is 232 g/mol. The average molecular weight is 250 g/mol. The highest BCUT2D eigenvalue weighted by molar-refractivity contribution is 7.17. The number of hydrogen-bond acceptors (Lipinski definition) is 5. The van der Waals surface area contributed by atoms with Gasteiger partial charge < -0.3 is 15.5 Å². The Labute approximate surface area is 106 Å². The van der Waals surface area contributed by atoms with Gasteiger partial charge in [-0.1, -0.05) is 0 Å². The van der Waals surface area contributed by atoms with Gasteiger partial charge in [0.15, 0.2) is 0 Å². The summed E-state index contributed by atoms with van der Waals surface area (Å²) in [6, 6.07) is 4.55. The van der Waals surface area contributed by atoms with Crippen molar-refractivity contribution in [1.82, 2.24) is 4.90 Å². The summed E-state index contributed by atoms with van der Waals surface area (Å²) in [6.07, 6.45) is 1.15. The minimum absolute atomic E-state index is 0.465. The van der Waals surface area contributed by atoms with E-state index in [0.29, 0.717) is 16.6 Å². The van der Waals surface area contributed by atoms with E-state index in [-0.39, 0.29) is 0 Å². The van der Waals surface area contributed by atoms with E-state index in [9.17, 15) is 0 Å². The van der Waals surface area contributed by atoms with Gasteiger partial charge in [0, 0.05) is 19.1 Å². The predicted molar refractivity (Wildman–Crippen MR) is 72.4 cm³/mol. The van der Waals surface area contributed by atoms with Crippen LogP contribution in [0.2, 0.25) is 0 Å². The van der Waals surface area contributed by atoms with E-state index >= 15 is 0 Å². The summed E-state index contributed by atoms with van der Waals surface area (Å²) in [4.78, 5) is 5.35. The Hall–Kier alpha value is -1.25. The van der Waals surface area contributed by atoms with Gasteiger partial charge in [0.1, 0.15) is 10.9 Å². The monoisotopic (exact) mass is 250 g/mol. The van der Waals surface area contributed by atoms with Crippen LogP contribution in [-0.2, 0) is 0 Å². The largest absolute Gasteiger partial charge is 0.397 e. The smallest absolute Gasteiger partial charge is 0.129 e. The molecule has 92 valence electrons. The zero-order valence-electron chi connectivity index (χ0n) is 10.3. The van der Waals surface area contributed by atoms with E-state index < -0.39 is 0 Å². The number of nitriles is 1. The molecule has 1 aliphatic rings. The van der Waals surface area contributed by atoms with E-state index in [2.05, 4.69) is 29.8 Å². The Morgan fingerprint density at radius 1 is 1.53 bits per heavy atom. The molecule has 1 aromatic rings. The van der Waals surface area contributed by atoms with Gasteiger partial charge in [0.05, 0.1) is 10.7 Å². The molecule has 1 aromatic heterocycles. The number of nitrogen functional groups attached to an aromatic ring is 1. The first kappa shape index (κ1) is 12.2. The van der Waals surface area contributed by atoms with E-state index in [1.165, 1.54) is 11.3 Å². The fourth-order valence-corrected chi connectivity index (χ4v) is 3.33. The Morgan fingerprint density at radius 3 is 2.94 bits per heavy atom. The van der Waals surface area contributed by atoms with Crippen molar-refractivity contribution in [3.05, 3.63) is 10.9 Å². The minimum atomic E-state index is 0.465. The number of anilines is 2.